The molecule has 0 aliphatic rings. The summed E-state index contributed by atoms with van der Waals surface area (Å²) < 4.78 is -0.108. The first kappa shape index (κ1) is 33.3. The number of rotatable bonds is 0. The molecule has 0 spiro atoms. The fourth-order valence-corrected chi connectivity index (χ4v) is 0. The van der Waals surface area contributed by atoms with E-state index in [1.165, 1.54) is 16.6 Å². The number of halogens is 10. The molecule has 0 saturated heterocycles. The maximum absolute atomic E-state index is 4.99. The maximum atomic E-state index is 4.99. The van der Waals surface area contributed by atoms with Crippen molar-refractivity contribution in [3.8, 4) is 0 Å². The van der Waals surface area contributed by atoms with E-state index in [1.54, 1.807) is 0 Å². The molecule has 0 aromatic carbocycles. The van der Waals surface area contributed by atoms with E-state index in [-0.39, 0.29) is 13.5 Å². The van der Waals surface area contributed by atoms with Crippen molar-refractivity contribution in [2.45, 2.75) is 0 Å². The van der Waals surface area contributed by atoms with Crippen LogP contribution in [0.25, 0.3) is 0 Å². The average Bonchev–Trinajstić information content (AvgIpc) is 2.42. The van der Waals surface area contributed by atoms with Gasteiger partial charge in [0.1, 0.15) is 13.5 Å². The first-order chi connectivity index (χ1) is 9.24. The third-order valence-corrected chi connectivity index (χ3v) is 2.46. The van der Waals surface area contributed by atoms with E-state index in [9.17, 15) is 0 Å². The van der Waals surface area contributed by atoms with Gasteiger partial charge in [-0.05, 0) is 5.54 Å². The van der Waals surface area contributed by atoms with E-state index in [2.05, 4.69) is 19.7 Å². The summed E-state index contributed by atoms with van der Waals surface area (Å²) in [5, 5.41) is 0. The summed E-state index contributed by atoms with van der Waals surface area (Å²) in [4.78, 5) is 0. The highest BCUT2D eigenvalue weighted by Crippen LogP contribution is 2.20. The van der Waals surface area contributed by atoms with Gasteiger partial charge in [-0.15, -0.1) is 13.2 Å². The Balaban J connectivity index is -0.0000000492. The van der Waals surface area contributed by atoms with Gasteiger partial charge in [0.05, 0.1) is 0 Å². The van der Waals surface area contributed by atoms with Crippen molar-refractivity contribution in [2.24, 2.45) is 0 Å². The van der Waals surface area contributed by atoms with Crippen molar-refractivity contribution in [1.82, 2.24) is 0 Å². The highest BCUT2D eigenvalue weighted by Gasteiger charge is 1.88. The molecule has 0 nitrogen and oxygen atoms in total. The first-order valence-corrected chi connectivity index (χ1v) is 7.80. The first-order valence-electron chi connectivity index (χ1n) is 3.79. The molecule has 0 bridgehead atoms. The molecule has 0 unspecified atom stereocenters. The molecule has 0 amide bonds. The van der Waals surface area contributed by atoms with Gasteiger partial charge in [-0.1, -0.05) is 123 Å². The summed E-state index contributed by atoms with van der Waals surface area (Å²) in [5.74, 6) is 0. The maximum Gasteiger partial charge on any atom is 0.136 e. The van der Waals surface area contributed by atoms with Gasteiger partial charge in [-0.25, -0.2) is 0 Å². The largest absolute Gasteiger partial charge is 0.136 e. The molecule has 0 N–H and O–H groups in total. The monoisotopic (exact) mass is 480 g/mol. The lowest BCUT2D eigenvalue weighted by Gasteiger charge is -1.75. The minimum absolute atomic E-state index is 0.0895. The van der Waals surface area contributed by atoms with Crippen LogP contribution in [0.4, 0.5) is 0 Å². The second-order valence-electron chi connectivity index (χ2n) is 1.33. The van der Waals surface area contributed by atoms with Gasteiger partial charge in [0.25, 0.3) is 0 Å². The summed E-state index contributed by atoms with van der Waals surface area (Å²) in [5.41, 5.74) is 4.78. The van der Waals surface area contributed by atoms with Gasteiger partial charge in [-0.2, -0.15) is 0 Å². The highest BCUT2D eigenvalue weighted by molar-refractivity contribution is 6.67. The van der Waals surface area contributed by atoms with Crippen LogP contribution in [0.5, 0.6) is 0 Å². The van der Waals surface area contributed by atoms with Gasteiger partial charge < -0.3 is 0 Å². The minimum Gasteiger partial charge on any atom is -0.106 e. The molecule has 0 saturated carbocycles. The third-order valence-electron chi connectivity index (χ3n) is 0.273. The quantitative estimate of drug-likeness (QED) is 0.300. The zero-order valence-electron chi connectivity index (χ0n) is 9.71. The van der Waals surface area contributed by atoms with Crippen LogP contribution < -0.4 is 0 Å². The third kappa shape index (κ3) is 91.7. The number of hydrogen-bond donors (Lipinski definition) is 0. The highest BCUT2D eigenvalue weighted by atomic mass is 35.5. The van der Waals surface area contributed by atoms with Gasteiger partial charge in [-0.3, -0.25) is 0 Å². The van der Waals surface area contributed by atoms with Crippen molar-refractivity contribution in [2.75, 3.05) is 0 Å². The Morgan fingerprint density at radius 2 is 0.800 bits per heavy atom. The van der Waals surface area contributed by atoms with Crippen molar-refractivity contribution in [3.05, 3.63) is 55.4 Å². The van der Waals surface area contributed by atoms with E-state index >= 15 is 0 Å². The van der Waals surface area contributed by atoms with Crippen LogP contribution in [0.1, 0.15) is 0 Å². The molecule has 0 aliphatic heterocycles. The van der Waals surface area contributed by atoms with Crippen LogP contribution in [0.2, 0.25) is 0 Å². The topological polar surface area (TPSA) is 0 Å². The molecule has 10 heteroatoms. The van der Waals surface area contributed by atoms with Crippen molar-refractivity contribution in [1.29, 1.82) is 0 Å². The van der Waals surface area contributed by atoms with Crippen molar-refractivity contribution in [3.63, 3.8) is 0 Å². The standard InChI is InChI=1S/C2Cl4.C2HCl3.C2H2Cl2.C2H3Cl.C2H4/c3-1(4)2(5)6;3-1-2(4)5;3-1-2-4;1-2-3;1-2/h;1H;1-2H;2H,1H2;1-2H2/b;;2-1-;;. The molecular weight excluding hydrogens is 475 g/mol. The molecule has 0 aliphatic carbocycles. The average molecular weight is 485 g/mol. The summed E-state index contributed by atoms with van der Waals surface area (Å²) in [6.07, 6.45) is 0. The lowest BCUT2D eigenvalue weighted by Crippen LogP contribution is -1.47. The lowest BCUT2D eigenvalue weighted by atomic mass is 11.2. The molecular formula is C10H10Cl10. The summed E-state index contributed by atoms with van der Waals surface area (Å²) >= 11 is 49.3. The Kier molecular flexibility index (Phi) is 61.7. The predicted molar refractivity (Wildman–Crippen MR) is 104 cm³/mol. The Morgan fingerprint density at radius 3 is 0.800 bits per heavy atom. The molecule has 0 radical (unpaired) electrons. The summed E-state index contributed by atoms with van der Waals surface area (Å²) in [6.45, 7) is 9.13. The van der Waals surface area contributed by atoms with Gasteiger partial charge in [0.15, 0.2) is 0 Å². The second-order valence-corrected chi connectivity index (χ2v) is 5.26. The Bertz CT molecular complexity index is 243. The molecule has 0 aromatic rings. The predicted octanol–water partition coefficient (Wildman–Crippen LogP) is 9.68. The van der Waals surface area contributed by atoms with Crippen molar-refractivity contribution >= 4 is 116 Å². The van der Waals surface area contributed by atoms with Gasteiger partial charge in [0, 0.05) is 16.6 Å². The zero-order chi connectivity index (χ0) is 17.6. The smallest absolute Gasteiger partial charge is 0.106 e. The van der Waals surface area contributed by atoms with E-state index in [0.717, 1.165) is 5.54 Å². The summed E-state index contributed by atoms with van der Waals surface area (Å²) in [6, 6.07) is 0. The molecule has 0 rings (SSSR count). The fraction of sp³-hybridized carbons (Fsp3) is 0. The molecule has 0 heterocycles. The minimum atomic E-state index is -0.0988. The van der Waals surface area contributed by atoms with Crippen LogP contribution in [-0.4, -0.2) is 0 Å². The van der Waals surface area contributed by atoms with E-state index in [1.807, 2.05) is 0 Å². The lowest BCUT2D eigenvalue weighted by molar-refractivity contribution is 2.25. The van der Waals surface area contributed by atoms with Crippen LogP contribution >= 0.6 is 116 Å². The van der Waals surface area contributed by atoms with Gasteiger partial charge >= 0.3 is 0 Å². The van der Waals surface area contributed by atoms with Crippen LogP contribution in [0.15, 0.2) is 55.4 Å². The fourth-order valence-electron chi connectivity index (χ4n) is 0. The molecule has 120 valence electrons. The normalized spacial score (nSPS) is 6.90. The molecule has 0 fully saturated rings. The molecule has 0 atom stereocenters. The summed E-state index contributed by atoms with van der Waals surface area (Å²) in [7, 11) is 0. The molecule has 0 aromatic heterocycles. The van der Waals surface area contributed by atoms with Crippen LogP contribution in [0.3, 0.4) is 0 Å². The van der Waals surface area contributed by atoms with Gasteiger partial charge in [0.2, 0.25) is 0 Å². The second kappa shape index (κ2) is 37.1. The van der Waals surface area contributed by atoms with Crippen LogP contribution in [-0.2, 0) is 0 Å². The van der Waals surface area contributed by atoms with E-state index in [4.69, 9.17) is 116 Å². The zero-order valence-corrected chi connectivity index (χ0v) is 17.3. The Morgan fingerprint density at radius 1 is 0.650 bits per heavy atom. The molecule has 20 heavy (non-hydrogen) atoms. The van der Waals surface area contributed by atoms with E-state index in [0.29, 0.717) is 0 Å². The van der Waals surface area contributed by atoms with Crippen LogP contribution in [0, 0.1) is 0 Å². The Hall–Kier alpha value is 1.60. The number of hydrogen-bond acceptors (Lipinski definition) is 0. The SMILES string of the molecule is C=C.C=CCl.Cl/C=C\Cl.ClC(Cl)=C(Cl)Cl.ClC=C(Cl)Cl. The van der Waals surface area contributed by atoms with Crippen molar-refractivity contribution < 1.29 is 0 Å². The Labute approximate surface area is 170 Å². The van der Waals surface area contributed by atoms with E-state index < -0.39 is 0 Å².